The van der Waals surface area contributed by atoms with Crippen LogP contribution in [0.5, 0.6) is 0 Å². The van der Waals surface area contributed by atoms with Crippen molar-refractivity contribution in [1.82, 2.24) is 4.98 Å². The monoisotopic (exact) mass is 489 g/mol. The van der Waals surface area contributed by atoms with E-state index in [1.807, 2.05) is 45.2 Å². The van der Waals surface area contributed by atoms with Crippen molar-refractivity contribution in [1.29, 1.82) is 0 Å². The molecule has 2 heterocycles. The van der Waals surface area contributed by atoms with Crippen LogP contribution in [0.3, 0.4) is 0 Å². The van der Waals surface area contributed by atoms with E-state index in [-0.39, 0.29) is 12.2 Å². The molecule has 1 aliphatic heterocycles. The topological polar surface area (TPSA) is 96.7 Å². The number of thiazole rings is 1. The second-order valence-electron chi connectivity index (χ2n) is 9.97. The van der Waals surface area contributed by atoms with Gasteiger partial charge in [0.1, 0.15) is 11.9 Å². The van der Waals surface area contributed by atoms with Crippen molar-refractivity contribution in [3.63, 3.8) is 0 Å². The molecule has 6 nitrogen and oxygen atoms in total. The number of nitrogens with zero attached hydrogens (tertiary/aromatic N) is 1. The quantitative estimate of drug-likeness (QED) is 0.439. The number of Topliss-reactive ketones (excluding diaryl/α,β-unsaturated/α-hetero) is 1. The molecule has 1 aliphatic rings. The molecule has 0 aliphatic carbocycles. The number of esters is 1. The van der Waals surface area contributed by atoms with Crippen LogP contribution in [-0.4, -0.2) is 45.3 Å². The molecule has 0 saturated carbocycles. The van der Waals surface area contributed by atoms with E-state index < -0.39 is 35.6 Å². The summed E-state index contributed by atoms with van der Waals surface area (Å²) in [6.07, 6.45) is 5.01. The van der Waals surface area contributed by atoms with Crippen molar-refractivity contribution < 1.29 is 24.5 Å². The first-order valence-corrected chi connectivity index (χ1v) is 12.7. The molecule has 188 valence electrons. The lowest BCUT2D eigenvalue weighted by atomic mass is 9.74. The number of cyclic esters (lactones) is 1. The van der Waals surface area contributed by atoms with Gasteiger partial charge in [0, 0.05) is 17.7 Å². The van der Waals surface area contributed by atoms with E-state index >= 15 is 0 Å². The number of carbonyl (C=O) groups is 2. The molecule has 34 heavy (non-hydrogen) atoms. The average molecular weight is 490 g/mol. The predicted molar refractivity (Wildman–Crippen MR) is 136 cm³/mol. The second-order valence-corrected chi connectivity index (χ2v) is 11.0. The number of aryl methyl sites for hydroxylation is 1. The van der Waals surface area contributed by atoms with Crippen LogP contribution in [0.1, 0.15) is 77.9 Å². The number of ketones is 1. The van der Waals surface area contributed by atoms with Gasteiger partial charge in [-0.3, -0.25) is 9.59 Å². The van der Waals surface area contributed by atoms with Crippen LogP contribution in [0.4, 0.5) is 0 Å². The number of ether oxygens (including phenoxy) is 1. The Morgan fingerprint density at radius 2 is 1.88 bits per heavy atom. The Labute approximate surface area is 207 Å². The zero-order valence-electron chi connectivity index (χ0n) is 21.4. The minimum absolute atomic E-state index is 0.289. The molecule has 2 rings (SSSR count). The van der Waals surface area contributed by atoms with Gasteiger partial charge in [-0.05, 0) is 57.8 Å². The Morgan fingerprint density at radius 3 is 2.50 bits per heavy atom. The van der Waals surface area contributed by atoms with Gasteiger partial charge in [-0.25, -0.2) is 4.98 Å². The zero-order valence-corrected chi connectivity index (χ0v) is 22.2. The SMILES string of the molecule is CC1=CCC(C(C)=Cc2csc(C)n2)OC(=O)CC(O)C(C)(C)C(=O)C(C)C(O)C(C)=CCC1. The summed E-state index contributed by atoms with van der Waals surface area (Å²) < 4.78 is 5.80. The molecule has 0 radical (unpaired) electrons. The lowest BCUT2D eigenvalue weighted by molar-refractivity contribution is -0.153. The van der Waals surface area contributed by atoms with Crippen molar-refractivity contribution in [3.8, 4) is 0 Å². The average Bonchev–Trinajstić information content (AvgIpc) is 3.18. The molecule has 1 aromatic heterocycles. The van der Waals surface area contributed by atoms with Gasteiger partial charge in [0.2, 0.25) is 0 Å². The van der Waals surface area contributed by atoms with E-state index in [0.717, 1.165) is 40.3 Å². The summed E-state index contributed by atoms with van der Waals surface area (Å²) in [5, 5.41) is 24.4. The van der Waals surface area contributed by atoms with E-state index in [1.54, 1.807) is 32.1 Å². The number of aliphatic hydroxyl groups excluding tert-OH is 2. The molecular weight excluding hydrogens is 450 g/mol. The smallest absolute Gasteiger partial charge is 0.309 e. The van der Waals surface area contributed by atoms with Crippen LogP contribution in [0, 0.1) is 18.3 Å². The number of rotatable bonds is 2. The zero-order chi connectivity index (χ0) is 25.6. The molecule has 0 saturated heterocycles. The Balaban J connectivity index is 2.37. The summed E-state index contributed by atoms with van der Waals surface area (Å²) in [7, 11) is 0. The van der Waals surface area contributed by atoms with Crippen LogP contribution in [0.15, 0.2) is 34.3 Å². The normalized spacial score (nSPS) is 28.2. The Hall–Kier alpha value is -2.09. The van der Waals surface area contributed by atoms with E-state index in [2.05, 4.69) is 11.1 Å². The highest BCUT2D eigenvalue weighted by Crippen LogP contribution is 2.31. The predicted octanol–water partition coefficient (Wildman–Crippen LogP) is 5.19. The number of hydrogen-bond acceptors (Lipinski definition) is 7. The molecule has 0 spiro atoms. The highest BCUT2D eigenvalue weighted by Gasteiger charge is 2.41. The fraction of sp³-hybridized carbons (Fsp3) is 0.593. The molecule has 2 N–H and O–H groups in total. The molecule has 0 bridgehead atoms. The van der Waals surface area contributed by atoms with E-state index in [1.165, 1.54) is 0 Å². The van der Waals surface area contributed by atoms with Crippen molar-refractivity contribution in [2.75, 3.05) is 0 Å². The summed E-state index contributed by atoms with van der Waals surface area (Å²) in [6.45, 7) is 12.6. The van der Waals surface area contributed by atoms with Gasteiger partial charge in [-0.15, -0.1) is 11.3 Å². The van der Waals surface area contributed by atoms with Gasteiger partial charge in [-0.1, -0.05) is 38.5 Å². The molecule has 0 aromatic carbocycles. The van der Waals surface area contributed by atoms with Gasteiger partial charge in [-0.2, -0.15) is 0 Å². The molecule has 1 aromatic rings. The number of aromatic nitrogens is 1. The van der Waals surface area contributed by atoms with Gasteiger partial charge in [0.15, 0.2) is 0 Å². The third kappa shape index (κ3) is 7.45. The Kier molecular flexibility index (Phi) is 9.97. The van der Waals surface area contributed by atoms with Gasteiger partial charge >= 0.3 is 5.97 Å². The maximum Gasteiger partial charge on any atom is 0.309 e. The van der Waals surface area contributed by atoms with Crippen molar-refractivity contribution in [3.05, 3.63) is 45.0 Å². The van der Waals surface area contributed by atoms with Crippen LogP contribution >= 0.6 is 11.3 Å². The first-order valence-electron chi connectivity index (χ1n) is 11.9. The summed E-state index contributed by atoms with van der Waals surface area (Å²) in [4.78, 5) is 30.4. The summed E-state index contributed by atoms with van der Waals surface area (Å²) in [6, 6.07) is 0. The molecule has 4 atom stereocenters. The standard InChI is InChI=1S/C27H39NO5S/c1-16-9-8-10-17(2)25(31)19(4)26(32)27(6,7)23(29)14-24(30)33-22(12-11-16)18(3)13-21-15-34-20(5)28-21/h10-11,13,15,19,22-23,25,29,31H,8-9,12,14H2,1-7H3. The van der Waals surface area contributed by atoms with Gasteiger partial charge < -0.3 is 14.9 Å². The first-order chi connectivity index (χ1) is 15.8. The lowest BCUT2D eigenvalue weighted by Gasteiger charge is -2.33. The molecular formula is C27H39NO5S. The number of carbonyl (C=O) groups excluding carboxylic acids is 2. The molecule has 0 amide bonds. The third-order valence-electron chi connectivity index (χ3n) is 6.66. The van der Waals surface area contributed by atoms with Crippen LogP contribution in [-0.2, 0) is 14.3 Å². The molecule has 7 heteroatoms. The highest BCUT2D eigenvalue weighted by molar-refractivity contribution is 7.09. The Bertz CT molecular complexity index is 971. The van der Waals surface area contributed by atoms with Gasteiger partial charge in [0.05, 0.1) is 34.7 Å². The molecule has 4 unspecified atom stereocenters. The third-order valence-corrected chi connectivity index (χ3v) is 7.45. The van der Waals surface area contributed by atoms with Crippen LogP contribution in [0.2, 0.25) is 0 Å². The van der Waals surface area contributed by atoms with E-state index in [0.29, 0.717) is 6.42 Å². The maximum absolute atomic E-state index is 13.1. The van der Waals surface area contributed by atoms with Crippen molar-refractivity contribution in [2.24, 2.45) is 11.3 Å². The number of allylic oxidation sites excluding steroid dienone is 2. The van der Waals surface area contributed by atoms with E-state index in [4.69, 9.17) is 4.74 Å². The fourth-order valence-corrected chi connectivity index (χ4v) is 4.64. The van der Waals surface area contributed by atoms with E-state index in [9.17, 15) is 19.8 Å². The van der Waals surface area contributed by atoms with Crippen molar-refractivity contribution >= 4 is 29.2 Å². The second kappa shape index (κ2) is 12.0. The minimum atomic E-state index is -1.23. The highest BCUT2D eigenvalue weighted by atomic mass is 32.1. The minimum Gasteiger partial charge on any atom is -0.457 e. The van der Waals surface area contributed by atoms with Gasteiger partial charge in [0.25, 0.3) is 0 Å². The largest absolute Gasteiger partial charge is 0.457 e. The lowest BCUT2D eigenvalue weighted by Crippen LogP contribution is -2.44. The fourth-order valence-electron chi connectivity index (χ4n) is 4.07. The van der Waals surface area contributed by atoms with Crippen molar-refractivity contribution in [2.45, 2.75) is 92.5 Å². The summed E-state index contributed by atoms with van der Waals surface area (Å²) in [5.74, 6) is -1.56. The Morgan fingerprint density at radius 1 is 1.21 bits per heavy atom. The summed E-state index contributed by atoms with van der Waals surface area (Å²) >= 11 is 1.56. The maximum atomic E-state index is 13.1. The summed E-state index contributed by atoms with van der Waals surface area (Å²) in [5.41, 5.74) is 2.35. The first kappa shape index (κ1) is 28.1. The number of hydrogen-bond donors (Lipinski definition) is 2. The number of aliphatic hydroxyl groups is 2. The van der Waals surface area contributed by atoms with Crippen LogP contribution < -0.4 is 0 Å². The molecule has 0 fully saturated rings. The van der Waals surface area contributed by atoms with Crippen LogP contribution in [0.25, 0.3) is 6.08 Å².